The molecule has 5 nitrogen and oxygen atoms in total. The molecule has 2 aromatic carbocycles. The van der Waals surface area contributed by atoms with Gasteiger partial charge in [0.25, 0.3) is 0 Å². The summed E-state index contributed by atoms with van der Waals surface area (Å²) in [5.74, 6) is 0.565. The van der Waals surface area contributed by atoms with Crippen molar-refractivity contribution in [3.63, 3.8) is 0 Å². The number of alkyl halides is 3. The maximum atomic E-state index is 12.9. The number of ether oxygens (including phenoxy) is 1. The highest BCUT2D eigenvalue weighted by Crippen LogP contribution is 2.29. The zero-order valence-corrected chi connectivity index (χ0v) is 16.2. The molecule has 3 rings (SSSR count). The lowest BCUT2D eigenvalue weighted by Gasteiger charge is -2.34. The van der Waals surface area contributed by atoms with Gasteiger partial charge in [-0.3, -0.25) is 14.6 Å². The van der Waals surface area contributed by atoms with E-state index in [2.05, 4.69) is 10.2 Å². The van der Waals surface area contributed by atoms with Crippen LogP contribution in [0.5, 0.6) is 5.75 Å². The fraction of sp³-hybridized carbons (Fsp3) is 0.381. The van der Waals surface area contributed by atoms with Crippen molar-refractivity contribution in [3.8, 4) is 5.75 Å². The van der Waals surface area contributed by atoms with Gasteiger partial charge in [-0.15, -0.1) is 0 Å². The first-order chi connectivity index (χ1) is 13.8. The first kappa shape index (κ1) is 21.1. The number of nitrogens with one attached hydrogen (secondary N) is 1. The van der Waals surface area contributed by atoms with Crippen molar-refractivity contribution in [1.82, 2.24) is 9.80 Å². The van der Waals surface area contributed by atoms with Gasteiger partial charge in [-0.2, -0.15) is 13.2 Å². The zero-order valence-electron chi connectivity index (χ0n) is 16.2. The van der Waals surface area contributed by atoms with Crippen LogP contribution >= 0.6 is 0 Å². The largest absolute Gasteiger partial charge is 0.497 e. The molecule has 1 amide bonds. The summed E-state index contributed by atoms with van der Waals surface area (Å²) < 4.78 is 43.7. The van der Waals surface area contributed by atoms with Gasteiger partial charge >= 0.3 is 6.18 Å². The van der Waals surface area contributed by atoms with Crippen LogP contribution in [0.2, 0.25) is 0 Å². The number of hydrogen-bond acceptors (Lipinski definition) is 4. The molecule has 0 aromatic heterocycles. The van der Waals surface area contributed by atoms with Gasteiger partial charge in [0.15, 0.2) is 0 Å². The minimum atomic E-state index is -4.33. The minimum Gasteiger partial charge on any atom is -0.497 e. The average Bonchev–Trinajstić information content (AvgIpc) is 2.69. The molecule has 2 aromatic rings. The highest BCUT2D eigenvalue weighted by molar-refractivity contribution is 5.92. The van der Waals surface area contributed by atoms with Crippen LogP contribution in [-0.4, -0.2) is 55.5 Å². The molecule has 1 aliphatic rings. The number of carbonyl (C=O) groups excluding carboxylic acids is 1. The Morgan fingerprint density at radius 3 is 2.41 bits per heavy atom. The molecule has 0 unspecified atom stereocenters. The molecule has 0 aliphatic carbocycles. The van der Waals surface area contributed by atoms with E-state index in [0.717, 1.165) is 6.07 Å². The number of nitrogens with zero attached hydrogens (tertiary/aromatic N) is 2. The predicted octanol–water partition coefficient (Wildman–Crippen LogP) is 3.47. The summed E-state index contributed by atoms with van der Waals surface area (Å²) in [4.78, 5) is 16.4. The SMILES string of the molecule is COc1cccc(NC(=O)CN2CCN(Cc3cccc(C(F)(F)F)c3)CC2)c1. The fourth-order valence-corrected chi connectivity index (χ4v) is 3.31. The van der Waals surface area contributed by atoms with Gasteiger partial charge in [0.05, 0.1) is 19.2 Å². The summed E-state index contributed by atoms with van der Waals surface area (Å²) in [6, 6.07) is 12.6. The zero-order chi connectivity index (χ0) is 20.9. The van der Waals surface area contributed by atoms with Gasteiger partial charge in [-0.25, -0.2) is 0 Å². The summed E-state index contributed by atoms with van der Waals surface area (Å²) in [6.07, 6.45) is -4.33. The Morgan fingerprint density at radius 2 is 1.72 bits per heavy atom. The predicted molar refractivity (Wildman–Crippen MR) is 105 cm³/mol. The number of piperazine rings is 1. The van der Waals surface area contributed by atoms with Crippen molar-refractivity contribution >= 4 is 11.6 Å². The van der Waals surface area contributed by atoms with E-state index >= 15 is 0 Å². The number of amides is 1. The molecule has 0 atom stereocenters. The smallest absolute Gasteiger partial charge is 0.416 e. The lowest BCUT2D eigenvalue weighted by Crippen LogP contribution is -2.48. The molecule has 29 heavy (non-hydrogen) atoms. The van der Waals surface area contributed by atoms with Crippen LogP contribution in [0.15, 0.2) is 48.5 Å². The van der Waals surface area contributed by atoms with Crippen molar-refractivity contribution < 1.29 is 22.7 Å². The van der Waals surface area contributed by atoms with E-state index in [1.54, 1.807) is 37.4 Å². The summed E-state index contributed by atoms with van der Waals surface area (Å²) in [5, 5.41) is 2.85. The summed E-state index contributed by atoms with van der Waals surface area (Å²) >= 11 is 0. The molecule has 156 valence electrons. The van der Waals surface area contributed by atoms with Gasteiger partial charge in [0.2, 0.25) is 5.91 Å². The third kappa shape index (κ3) is 6.20. The number of hydrogen-bond donors (Lipinski definition) is 1. The second-order valence-corrected chi connectivity index (χ2v) is 7.03. The molecule has 1 N–H and O–H groups in total. The van der Waals surface area contributed by atoms with E-state index in [1.165, 1.54) is 12.1 Å². The van der Waals surface area contributed by atoms with Crippen molar-refractivity contribution in [2.24, 2.45) is 0 Å². The Morgan fingerprint density at radius 1 is 1.03 bits per heavy atom. The highest BCUT2D eigenvalue weighted by atomic mass is 19.4. The first-order valence-electron chi connectivity index (χ1n) is 9.38. The summed E-state index contributed by atoms with van der Waals surface area (Å²) in [7, 11) is 1.57. The number of anilines is 1. The van der Waals surface area contributed by atoms with Crippen molar-refractivity contribution in [3.05, 3.63) is 59.7 Å². The number of carbonyl (C=O) groups is 1. The van der Waals surface area contributed by atoms with Crippen LogP contribution in [0.25, 0.3) is 0 Å². The molecule has 1 aliphatic heterocycles. The van der Waals surface area contributed by atoms with E-state index in [9.17, 15) is 18.0 Å². The summed E-state index contributed by atoms with van der Waals surface area (Å²) in [5.41, 5.74) is 0.699. The van der Waals surface area contributed by atoms with E-state index < -0.39 is 11.7 Å². The summed E-state index contributed by atoms with van der Waals surface area (Å²) in [6.45, 7) is 3.50. The first-order valence-corrected chi connectivity index (χ1v) is 9.38. The maximum Gasteiger partial charge on any atom is 0.416 e. The molecule has 0 radical (unpaired) electrons. The van der Waals surface area contributed by atoms with Gasteiger partial charge in [-0.05, 0) is 23.8 Å². The van der Waals surface area contributed by atoms with Crippen LogP contribution in [0, 0.1) is 0 Å². The van der Waals surface area contributed by atoms with Crippen LogP contribution < -0.4 is 10.1 Å². The van der Waals surface area contributed by atoms with Crippen molar-refractivity contribution in [2.75, 3.05) is 45.2 Å². The molecule has 1 saturated heterocycles. The third-order valence-corrected chi connectivity index (χ3v) is 4.85. The Kier molecular flexibility index (Phi) is 6.76. The normalized spacial score (nSPS) is 15.9. The molecule has 1 fully saturated rings. The highest BCUT2D eigenvalue weighted by Gasteiger charge is 2.30. The molecule has 0 bridgehead atoms. The Balaban J connectivity index is 1.46. The second kappa shape index (κ2) is 9.28. The molecular weight excluding hydrogens is 383 g/mol. The van der Waals surface area contributed by atoms with Gasteiger partial charge < -0.3 is 10.1 Å². The lowest BCUT2D eigenvalue weighted by molar-refractivity contribution is -0.137. The number of methoxy groups -OCH3 is 1. The van der Waals surface area contributed by atoms with E-state index in [-0.39, 0.29) is 12.5 Å². The van der Waals surface area contributed by atoms with Crippen LogP contribution in [-0.2, 0) is 17.5 Å². The lowest BCUT2D eigenvalue weighted by atomic mass is 10.1. The molecule has 0 saturated carbocycles. The fourth-order valence-electron chi connectivity index (χ4n) is 3.31. The third-order valence-electron chi connectivity index (χ3n) is 4.85. The Bertz CT molecular complexity index is 834. The Hall–Kier alpha value is -2.58. The standard InChI is InChI=1S/C21H24F3N3O2/c1-29-19-7-3-6-18(13-19)25-20(28)15-27-10-8-26(9-11-27)14-16-4-2-5-17(12-16)21(22,23)24/h2-7,12-13H,8-11,14-15H2,1H3,(H,25,28). The minimum absolute atomic E-state index is 0.107. The topological polar surface area (TPSA) is 44.8 Å². The molecule has 0 spiro atoms. The quantitative estimate of drug-likeness (QED) is 0.797. The van der Waals surface area contributed by atoms with E-state index in [1.807, 2.05) is 4.90 Å². The number of rotatable bonds is 6. The Labute approximate surface area is 168 Å². The molecular formula is C21H24F3N3O2. The second-order valence-electron chi connectivity index (χ2n) is 7.03. The van der Waals surface area contributed by atoms with E-state index in [4.69, 9.17) is 4.74 Å². The van der Waals surface area contributed by atoms with Crippen LogP contribution in [0.1, 0.15) is 11.1 Å². The van der Waals surface area contributed by atoms with Crippen LogP contribution in [0.3, 0.4) is 0 Å². The average molecular weight is 407 g/mol. The van der Waals surface area contributed by atoms with E-state index in [0.29, 0.717) is 49.7 Å². The maximum absolute atomic E-state index is 12.9. The molecule has 1 heterocycles. The van der Waals surface area contributed by atoms with Crippen LogP contribution in [0.4, 0.5) is 18.9 Å². The van der Waals surface area contributed by atoms with Gasteiger partial charge in [-0.1, -0.05) is 24.3 Å². The monoisotopic (exact) mass is 407 g/mol. The van der Waals surface area contributed by atoms with Gasteiger partial charge in [0, 0.05) is 44.5 Å². The van der Waals surface area contributed by atoms with Crippen molar-refractivity contribution in [2.45, 2.75) is 12.7 Å². The number of benzene rings is 2. The number of halogens is 3. The van der Waals surface area contributed by atoms with Gasteiger partial charge in [0.1, 0.15) is 5.75 Å². The van der Waals surface area contributed by atoms with Crippen molar-refractivity contribution in [1.29, 1.82) is 0 Å². The molecule has 8 heteroatoms.